The molecule has 0 saturated carbocycles. The van der Waals surface area contributed by atoms with Gasteiger partial charge in [0.25, 0.3) is 0 Å². The van der Waals surface area contributed by atoms with Crippen LogP contribution in [-0.2, 0) is 6.54 Å². The van der Waals surface area contributed by atoms with Crippen LogP contribution in [0.4, 0.5) is 0 Å². The topological polar surface area (TPSA) is 40.8 Å². The summed E-state index contributed by atoms with van der Waals surface area (Å²) in [4.78, 5) is 6.97. The molecule has 1 aliphatic rings. The van der Waals surface area contributed by atoms with Crippen LogP contribution in [0.5, 0.6) is 0 Å². The molecule has 0 amide bonds. The Bertz CT molecular complexity index is 598. The van der Waals surface area contributed by atoms with Crippen molar-refractivity contribution in [2.24, 2.45) is 5.92 Å². The third-order valence-corrected chi connectivity index (χ3v) is 4.47. The fourth-order valence-electron chi connectivity index (χ4n) is 3.13. The molecule has 3 rings (SSSR count). The molecule has 4 nitrogen and oxygen atoms in total. The Morgan fingerprint density at radius 2 is 2.25 bits per heavy atom. The third kappa shape index (κ3) is 2.68. The van der Waals surface area contributed by atoms with Crippen LogP contribution < -0.4 is 0 Å². The zero-order chi connectivity index (χ0) is 14.1. The number of halogens is 1. The number of aliphatic hydroxyl groups excluding tert-OH is 1. The van der Waals surface area contributed by atoms with E-state index in [0.29, 0.717) is 10.9 Å². The SMILES string of the molecule is CC1CCCN(Cc2cn3cc(Cl)ccc3n2)C1CO. The van der Waals surface area contributed by atoms with Crippen LogP contribution in [0.15, 0.2) is 24.5 Å². The Kier molecular flexibility index (Phi) is 3.96. The highest BCUT2D eigenvalue weighted by Gasteiger charge is 2.28. The van der Waals surface area contributed by atoms with Gasteiger partial charge in [0.15, 0.2) is 0 Å². The van der Waals surface area contributed by atoms with Gasteiger partial charge in [0, 0.05) is 25.0 Å². The smallest absolute Gasteiger partial charge is 0.137 e. The van der Waals surface area contributed by atoms with Gasteiger partial charge in [-0.15, -0.1) is 0 Å². The summed E-state index contributed by atoms with van der Waals surface area (Å²) in [6.45, 7) is 4.26. The molecule has 1 N–H and O–H groups in total. The molecule has 0 spiro atoms. The molecule has 1 aliphatic heterocycles. The zero-order valence-corrected chi connectivity index (χ0v) is 12.4. The number of likely N-dealkylation sites (tertiary alicyclic amines) is 1. The molecule has 2 aromatic rings. The second-order valence-corrected chi connectivity index (χ2v) is 6.12. The lowest BCUT2D eigenvalue weighted by molar-refractivity contribution is 0.0465. The maximum atomic E-state index is 9.60. The van der Waals surface area contributed by atoms with Crippen LogP contribution in [-0.4, -0.2) is 38.6 Å². The second kappa shape index (κ2) is 5.72. The highest BCUT2D eigenvalue weighted by atomic mass is 35.5. The molecule has 0 bridgehead atoms. The molecule has 2 unspecified atom stereocenters. The van der Waals surface area contributed by atoms with E-state index in [1.165, 1.54) is 12.8 Å². The summed E-state index contributed by atoms with van der Waals surface area (Å²) in [7, 11) is 0. The first-order valence-corrected chi connectivity index (χ1v) is 7.53. The van der Waals surface area contributed by atoms with Gasteiger partial charge in [-0.3, -0.25) is 4.90 Å². The molecular weight excluding hydrogens is 274 g/mol. The molecule has 0 aromatic carbocycles. The molecule has 5 heteroatoms. The number of imidazole rings is 1. The number of aliphatic hydroxyl groups is 1. The predicted molar refractivity (Wildman–Crippen MR) is 79.9 cm³/mol. The summed E-state index contributed by atoms with van der Waals surface area (Å²) in [6.07, 6.45) is 6.28. The van der Waals surface area contributed by atoms with Crippen molar-refractivity contribution in [1.82, 2.24) is 14.3 Å². The molecule has 1 saturated heterocycles. The van der Waals surface area contributed by atoms with Crippen LogP contribution in [0.3, 0.4) is 0 Å². The first-order valence-electron chi connectivity index (χ1n) is 7.15. The van der Waals surface area contributed by atoms with E-state index in [2.05, 4.69) is 16.8 Å². The van der Waals surface area contributed by atoms with Gasteiger partial charge in [0.2, 0.25) is 0 Å². The van der Waals surface area contributed by atoms with Crippen LogP contribution in [0, 0.1) is 5.92 Å². The average molecular weight is 294 g/mol. The van der Waals surface area contributed by atoms with E-state index in [1.807, 2.05) is 28.9 Å². The van der Waals surface area contributed by atoms with E-state index in [4.69, 9.17) is 11.6 Å². The number of fused-ring (bicyclic) bond motifs is 1. The Balaban J connectivity index is 1.81. The summed E-state index contributed by atoms with van der Waals surface area (Å²) in [6, 6.07) is 4.03. The first-order chi connectivity index (χ1) is 9.67. The summed E-state index contributed by atoms with van der Waals surface area (Å²) in [5.41, 5.74) is 1.94. The predicted octanol–water partition coefficient (Wildman–Crippen LogP) is 2.58. The third-order valence-electron chi connectivity index (χ3n) is 4.25. The van der Waals surface area contributed by atoms with Gasteiger partial charge in [0.05, 0.1) is 17.3 Å². The van der Waals surface area contributed by atoms with Crippen molar-refractivity contribution < 1.29 is 5.11 Å². The van der Waals surface area contributed by atoms with Crippen molar-refractivity contribution in [2.45, 2.75) is 32.4 Å². The molecule has 3 heterocycles. The summed E-state index contributed by atoms with van der Waals surface area (Å²) >= 11 is 5.99. The molecule has 2 atom stereocenters. The minimum atomic E-state index is 0.223. The number of piperidine rings is 1. The normalized spacial score (nSPS) is 24.4. The van der Waals surface area contributed by atoms with E-state index in [0.717, 1.165) is 24.4 Å². The summed E-state index contributed by atoms with van der Waals surface area (Å²) in [5.74, 6) is 0.542. The highest BCUT2D eigenvalue weighted by molar-refractivity contribution is 6.30. The first kappa shape index (κ1) is 13.9. The number of pyridine rings is 1. The number of hydrogen-bond donors (Lipinski definition) is 1. The fraction of sp³-hybridized carbons (Fsp3) is 0.533. The number of hydrogen-bond acceptors (Lipinski definition) is 3. The lowest BCUT2D eigenvalue weighted by atomic mass is 9.91. The van der Waals surface area contributed by atoms with E-state index in [-0.39, 0.29) is 12.6 Å². The monoisotopic (exact) mass is 293 g/mol. The molecule has 20 heavy (non-hydrogen) atoms. The summed E-state index contributed by atoms with van der Waals surface area (Å²) in [5, 5.41) is 10.3. The van der Waals surface area contributed by atoms with Gasteiger partial charge < -0.3 is 9.51 Å². The van der Waals surface area contributed by atoms with Gasteiger partial charge in [-0.25, -0.2) is 4.98 Å². The standard InChI is InChI=1S/C15H20ClN3O/c1-11-3-2-6-18(14(11)10-20)8-13-9-19-7-12(16)4-5-15(19)17-13/h4-5,7,9,11,14,20H,2-3,6,8,10H2,1H3. The summed E-state index contributed by atoms with van der Waals surface area (Å²) < 4.78 is 1.96. The highest BCUT2D eigenvalue weighted by Crippen LogP contribution is 2.24. The minimum absolute atomic E-state index is 0.223. The molecule has 108 valence electrons. The fourth-order valence-corrected chi connectivity index (χ4v) is 3.30. The van der Waals surface area contributed by atoms with E-state index in [9.17, 15) is 5.11 Å². The van der Waals surface area contributed by atoms with Gasteiger partial charge in [-0.1, -0.05) is 18.5 Å². The van der Waals surface area contributed by atoms with Crippen molar-refractivity contribution in [3.63, 3.8) is 0 Å². The van der Waals surface area contributed by atoms with Crippen molar-refractivity contribution >= 4 is 17.2 Å². The quantitative estimate of drug-likeness (QED) is 0.946. The average Bonchev–Trinajstić information content (AvgIpc) is 2.80. The van der Waals surface area contributed by atoms with Crippen LogP contribution in [0.2, 0.25) is 5.02 Å². The van der Waals surface area contributed by atoms with E-state index >= 15 is 0 Å². The second-order valence-electron chi connectivity index (χ2n) is 5.68. The maximum Gasteiger partial charge on any atom is 0.137 e. The van der Waals surface area contributed by atoms with E-state index in [1.54, 1.807) is 0 Å². The van der Waals surface area contributed by atoms with Crippen molar-refractivity contribution in [3.8, 4) is 0 Å². The molecule has 0 radical (unpaired) electrons. The van der Waals surface area contributed by atoms with Crippen LogP contribution in [0.25, 0.3) is 5.65 Å². The lowest BCUT2D eigenvalue weighted by Gasteiger charge is -2.38. The van der Waals surface area contributed by atoms with Crippen molar-refractivity contribution in [3.05, 3.63) is 35.2 Å². The lowest BCUT2D eigenvalue weighted by Crippen LogP contribution is -2.46. The Labute approximate surface area is 124 Å². The van der Waals surface area contributed by atoms with Crippen LogP contribution >= 0.6 is 11.6 Å². The number of nitrogens with zero attached hydrogens (tertiary/aromatic N) is 3. The number of aromatic nitrogens is 2. The van der Waals surface area contributed by atoms with Gasteiger partial charge in [0.1, 0.15) is 5.65 Å². The minimum Gasteiger partial charge on any atom is -0.395 e. The van der Waals surface area contributed by atoms with Crippen LogP contribution in [0.1, 0.15) is 25.5 Å². The Morgan fingerprint density at radius 1 is 1.40 bits per heavy atom. The zero-order valence-electron chi connectivity index (χ0n) is 11.7. The van der Waals surface area contributed by atoms with Gasteiger partial charge in [-0.05, 0) is 37.4 Å². The van der Waals surface area contributed by atoms with E-state index < -0.39 is 0 Å². The Hall–Kier alpha value is -1.10. The largest absolute Gasteiger partial charge is 0.395 e. The number of rotatable bonds is 3. The van der Waals surface area contributed by atoms with Gasteiger partial charge >= 0.3 is 0 Å². The molecular formula is C15H20ClN3O. The van der Waals surface area contributed by atoms with Gasteiger partial charge in [-0.2, -0.15) is 0 Å². The van der Waals surface area contributed by atoms with Crippen molar-refractivity contribution in [1.29, 1.82) is 0 Å². The Morgan fingerprint density at radius 3 is 3.05 bits per heavy atom. The molecule has 2 aromatic heterocycles. The maximum absolute atomic E-state index is 9.60. The molecule has 0 aliphatic carbocycles. The van der Waals surface area contributed by atoms with Crippen molar-refractivity contribution in [2.75, 3.05) is 13.2 Å². The molecule has 1 fully saturated rings.